The Hall–Kier alpha value is -2.75. The monoisotopic (exact) mass is 296 g/mol. The number of ether oxygens (including phenoxy) is 1. The zero-order valence-electron chi connectivity index (χ0n) is 10.4. The Morgan fingerprint density at radius 1 is 1.14 bits per heavy atom. The van der Waals surface area contributed by atoms with E-state index in [0.717, 1.165) is 18.2 Å². The normalized spacial score (nSPS) is 11.0. The van der Waals surface area contributed by atoms with Crippen LogP contribution in [0.2, 0.25) is 0 Å². The van der Waals surface area contributed by atoms with Gasteiger partial charge in [0.1, 0.15) is 17.6 Å². The molecule has 0 fully saturated rings. The first kappa shape index (κ1) is 14.7. The van der Waals surface area contributed by atoms with Gasteiger partial charge in [-0.1, -0.05) is 12.1 Å². The molecule has 2 rings (SSSR count). The average molecular weight is 296 g/mol. The number of nitriles is 1. The molecular formula is C14H8F4N2O. The smallest absolute Gasteiger partial charge is 0.406 e. The molecular weight excluding hydrogens is 288 g/mol. The van der Waals surface area contributed by atoms with Crippen molar-refractivity contribution < 1.29 is 22.3 Å². The van der Waals surface area contributed by atoms with E-state index < -0.39 is 17.9 Å². The lowest BCUT2D eigenvalue weighted by Gasteiger charge is -2.11. The Kier molecular flexibility index (Phi) is 3.72. The van der Waals surface area contributed by atoms with Crippen LogP contribution in [0.1, 0.15) is 5.56 Å². The number of hydrogen-bond acceptors (Lipinski definition) is 3. The van der Waals surface area contributed by atoms with Gasteiger partial charge in [-0.3, -0.25) is 0 Å². The van der Waals surface area contributed by atoms with Crippen molar-refractivity contribution in [1.82, 2.24) is 0 Å². The maximum absolute atomic E-state index is 13.4. The number of nitrogen functional groups attached to an aromatic ring is 1. The van der Waals surface area contributed by atoms with Crippen LogP contribution in [0.3, 0.4) is 0 Å². The molecule has 21 heavy (non-hydrogen) atoms. The SMILES string of the molecule is N#Cc1cc(-c2cccc(OC(F)(F)F)c2)c(N)cc1F. The summed E-state index contributed by atoms with van der Waals surface area (Å²) in [6.07, 6.45) is -4.81. The van der Waals surface area contributed by atoms with Gasteiger partial charge in [-0.25, -0.2) is 4.39 Å². The van der Waals surface area contributed by atoms with Crippen LogP contribution in [0.15, 0.2) is 36.4 Å². The molecule has 2 N–H and O–H groups in total. The van der Waals surface area contributed by atoms with Crippen LogP contribution >= 0.6 is 0 Å². The van der Waals surface area contributed by atoms with Gasteiger partial charge in [0.15, 0.2) is 0 Å². The molecule has 0 aliphatic rings. The molecule has 0 spiro atoms. The second-order valence-electron chi connectivity index (χ2n) is 4.11. The van der Waals surface area contributed by atoms with Crippen molar-refractivity contribution in [3.05, 3.63) is 47.8 Å². The Balaban J connectivity index is 2.48. The molecule has 3 nitrogen and oxygen atoms in total. The number of rotatable bonds is 2. The van der Waals surface area contributed by atoms with Gasteiger partial charge in [0.05, 0.1) is 5.56 Å². The van der Waals surface area contributed by atoms with Crippen LogP contribution in [0.4, 0.5) is 23.2 Å². The molecule has 0 unspecified atom stereocenters. The summed E-state index contributed by atoms with van der Waals surface area (Å²) in [7, 11) is 0. The summed E-state index contributed by atoms with van der Waals surface area (Å²) in [6.45, 7) is 0. The van der Waals surface area contributed by atoms with E-state index in [4.69, 9.17) is 11.0 Å². The summed E-state index contributed by atoms with van der Waals surface area (Å²) < 4.78 is 53.7. The van der Waals surface area contributed by atoms with Crippen LogP contribution in [0.5, 0.6) is 5.75 Å². The number of alkyl halides is 3. The molecule has 0 heterocycles. The van der Waals surface area contributed by atoms with E-state index in [1.54, 1.807) is 6.07 Å². The molecule has 2 aromatic rings. The molecule has 2 aromatic carbocycles. The predicted molar refractivity (Wildman–Crippen MR) is 67.6 cm³/mol. The highest BCUT2D eigenvalue weighted by Gasteiger charge is 2.31. The second kappa shape index (κ2) is 5.32. The van der Waals surface area contributed by atoms with Crippen LogP contribution in [0, 0.1) is 17.1 Å². The molecule has 0 saturated carbocycles. The lowest BCUT2D eigenvalue weighted by Crippen LogP contribution is -2.17. The molecule has 0 saturated heterocycles. The van der Waals surface area contributed by atoms with Gasteiger partial charge < -0.3 is 10.5 Å². The Labute approximate surface area is 117 Å². The summed E-state index contributed by atoms with van der Waals surface area (Å²) in [6, 6.07) is 8.83. The molecule has 0 aromatic heterocycles. The van der Waals surface area contributed by atoms with E-state index >= 15 is 0 Å². The van der Waals surface area contributed by atoms with Crippen molar-refractivity contribution in [3.8, 4) is 22.9 Å². The predicted octanol–water partition coefficient (Wildman–Crippen LogP) is 3.85. The first-order chi connectivity index (χ1) is 9.80. The van der Waals surface area contributed by atoms with Crippen molar-refractivity contribution in [2.45, 2.75) is 6.36 Å². The lowest BCUT2D eigenvalue weighted by atomic mass is 10.0. The molecule has 108 valence electrons. The summed E-state index contributed by atoms with van der Waals surface area (Å²) in [5, 5.41) is 8.78. The van der Waals surface area contributed by atoms with Gasteiger partial charge in [0.25, 0.3) is 0 Å². The maximum Gasteiger partial charge on any atom is 0.573 e. The number of hydrogen-bond donors (Lipinski definition) is 1. The number of anilines is 1. The van der Waals surface area contributed by atoms with Crippen molar-refractivity contribution in [2.75, 3.05) is 5.73 Å². The largest absolute Gasteiger partial charge is 0.573 e. The third-order valence-corrected chi connectivity index (χ3v) is 2.64. The second-order valence-corrected chi connectivity index (χ2v) is 4.11. The number of nitrogens with two attached hydrogens (primary N) is 1. The molecule has 0 aliphatic carbocycles. The van der Waals surface area contributed by atoms with Gasteiger partial charge in [-0.15, -0.1) is 13.2 Å². The van der Waals surface area contributed by atoms with Gasteiger partial charge in [0, 0.05) is 11.3 Å². The van der Waals surface area contributed by atoms with Gasteiger partial charge in [-0.2, -0.15) is 5.26 Å². The first-order valence-electron chi connectivity index (χ1n) is 5.65. The van der Waals surface area contributed by atoms with E-state index in [-0.39, 0.29) is 22.4 Å². The zero-order chi connectivity index (χ0) is 15.6. The minimum Gasteiger partial charge on any atom is -0.406 e. The van der Waals surface area contributed by atoms with Crippen LogP contribution in [0.25, 0.3) is 11.1 Å². The van der Waals surface area contributed by atoms with E-state index in [0.29, 0.717) is 0 Å². The van der Waals surface area contributed by atoms with Crippen LogP contribution in [-0.4, -0.2) is 6.36 Å². The Bertz CT molecular complexity index is 720. The summed E-state index contributed by atoms with van der Waals surface area (Å²) in [5.41, 5.74) is 5.94. The van der Waals surface area contributed by atoms with Crippen LogP contribution in [-0.2, 0) is 0 Å². The zero-order valence-corrected chi connectivity index (χ0v) is 10.4. The Morgan fingerprint density at radius 3 is 2.48 bits per heavy atom. The fraction of sp³-hybridized carbons (Fsp3) is 0.0714. The molecule has 0 radical (unpaired) electrons. The molecule has 0 aliphatic heterocycles. The molecule has 0 amide bonds. The van der Waals surface area contributed by atoms with E-state index in [9.17, 15) is 17.6 Å². The third kappa shape index (κ3) is 3.42. The highest BCUT2D eigenvalue weighted by Crippen LogP contribution is 2.32. The third-order valence-electron chi connectivity index (χ3n) is 2.64. The number of nitrogens with zero attached hydrogens (tertiary/aromatic N) is 1. The van der Waals surface area contributed by atoms with Crippen molar-refractivity contribution in [1.29, 1.82) is 5.26 Å². The van der Waals surface area contributed by atoms with Gasteiger partial charge >= 0.3 is 6.36 Å². The quantitative estimate of drug-likeness (QED) is 0.676. The number of benzene rings is 2. The average Bonchev–Trinajstić information content (AvgIpc) is 2.37. The van der Waals surface area contributed by atoms with E-state index in [1.807, 2.05) is 0 Å². The van der Waals surface area contributed by atoms with Gasteiger partial charge in [-0.05, 0) is 29.8 Å². The highest BCUT2D eigenvalue weighted by molar-refractivity contribution is 5.78. The van der Waals surface area contributed by atoms with Gasteiger partial charge in [0.2, 0.25) is 0 Å². The standard InChI is InChI=1S/C14H8F4N2O/c15-12-6-13(20)11(5-9(12)7-19)8-2-1-3-10(4-8)21-14(16,17)18/h1-6H,20H2. The van der Waals surface area contributed by atoms with Crippen LogP contribution < -0.4 is 10.5 Å². The fourth-order valence-electron chi connectivity index (χ4n) is 1.79. The van der Waals surface area contributed by atoms with Crippen molar-refractivity contribution >= 4 is 5.69 Å². The first-order valence-corrected chi connectivity index (χ1v) is 5.65. The minimum atomic E-state index is -4.81. The van der Waals surface area contributed by atoms with E-state index in [1.165, 1.54) is 18.2 Å². The fourth-order valence-corrected chi connectivity index (χ4v) is 1.79. The van der Waals surface area contributed by atoms with Crippen molar-refractivity contribution in [2.24, 2.45) is 0 Å². The minimum absolute atomic E-state index is 0.00987. The summed E-state index contributed by atoms with van der Waals surface area (Å²) in [5.74, 6) is -1.22. The Morgan fingerprint density at radius 2 is 1.86 bits per heavy atom. The molecule has 7 heteroatoms. The number of halogens is 4. The topological polar surface area (TPSA) is 59.0 Å². The summed E-state index contributed by atoms with van der Waals surface area (Å²) >= 11 is 0. The van der Waals surface area contributed by atoms with E-state index in [2.05, 4.69) is 4.74 Å². The highest BCUT2D eigenvalue weighted by atomic mass is 19.4. The maximum atomic E-state index is 13.4. The lowest BCUT2D eigenvalue weighted by molar-refractivity contribution is -0.274. The van der Waals surface area contributed by atoms with Crippen molar-refractivity contribution in [3.63, 3.8) is 0 Å². The summed E-state index contributed by atoms with van der Waals surface area (Å²) in [4.78, 5) is 0. The molecule has 0 bridgehead atoms. The molecule has 0 atom stereocenters.